The Balaban J connectivity index is 1.80. The quantitative estimate of drug-likeness (QED) is 0.770. The van der Waals surface area contributed by atoms with E-state index in [0.717, 1.165) is 38.2 Å². The highest BCUT2D eigenvalue weighted by Gasteiger charge is 2.19. The molecule has 0 bridgehead atoms. The Morgan fingerprint density at radius 3 is 3.11 bits per heavy atom. The highest BCUT2D eigenvalue weighted by atomic mass is 19.1. The van der Waals surface area contributed by atoms with E-state index in [0.29, 0.717) is 6.04 Å². The van der Waals surface area contributed by atoms with Crippen molar-refractivity contribution in [1.29, 1.82) is 0 Å². The number of hydrogen-bond donors (Lipinski definition) is 2. The molecule has 0 aliphatic carbocycles. The average Bonchev–Trinajstić information content (AvgIpc) is 2.39. The van der Waals surface area contributed by atoms with Gasteiger partial charge in [0.25, 0.3) is 0 Å². The van der Waals surface area contributed by atoms with Crippen LogP contribution < -0.4 is 5.32 Å². The van der Waals surface area contributed by atoms with Crippen LogP contribution in [0, 0.1) is 5.82 Å². The van der Waals surface area contributed by atoms with Gasteiger partial charge in [0, 0.05) is 25.7 Å². The van der Waals surface area contributed by atoms with E-state index in [1.807, 2.05) is 6.07 Å². The van der Waals surface area contributed by atoms with Crippen LogP contribution in [0.2, 0.25) is 0 Å². The summed E-state index contributed by atoms with van der Waals surface area (Å²) in [4.78, 5) is 2.37. The minimum Gasteiger partial charge on any atom is -0.396 e. The van der Waals surface area contributed by atoms with Crippen LogP contribution in [0.3, 0.4) is 0 Å². The van der Waals surface area contributed by atoms with E-state index in [1.54, 1.807) is 12.1 Å². The van der Waals surface area contributed by atoms with Gasteiger partial charge < -0.3 is 10.4 Å². The summed E-state index contributed by atoms with van der Waals surface area (Å²) in [5.74, 6) is -0.160. The van der Waals surface area contributed by atoms with Crippen molar-refractivity contribution in [2.75, 3.05) is 26.2 Å². The van der Waals surface area contributed by atoms with E-state index in [1.165, 1.54) is 18.9 Å². The monoisotopic (exact) mass is 266 g/mol. The second-order valence-corrected chi connectivity index (χ2v) is 5.24. The van der Waals surface area contributed by atoms with Crippen molar-refractivity contribution in [3.05, 3.63) is 35.6 Å². The molecule has 1 unspecified atom stereocenters. The molecule has 2 N–H and O–H groups in total. The van der Waals surface area contributed by atoms with Gasteiger partial charge in [-0.15, -0.1) is 0 Å². The van der Waals surface area contributed by atoms with Crippen molar-refractivity contribution >= 4 is 0 Å². The standard InChI is InChI=1S/C15H23FN2O/c16-14-5-1-4-13(10-14)11-18-8-2-6-15(12-18)17-7-3-9-19/h1,4-5,10,15,17,19H,2-3,6-9,11-12H2. The van der Waals surface area contributed by atoms with Crippen LogP contribution in [0.25, 0.3) is 0 Å². The van der Waals surface area contributed by atoms with E-state index < -0.39 is 0 Å². The average molecular weight is 266 g/mol. The van der Waals surface area contributed by atoms with Crippen molar-refractivity contribution in [3.8, 4) is 0 Å². The number of likely N-dealkylation sites (tertiary alicyclic amines) is 1. The fourth-order valence-corrected chi connectivity index (χ4v) is 2.64. The molecule has 1 atom stereocenters. The molecule has 1 aliphatic heterocycles. The second-order valence-electron chi connectivity index (χ2n) is 5.24. The molecule has 0 amide bonds. The molecule has 106 valence electrons. The summed E-state index contributed by atoms with van der Waals surface area (Å²) in [5, 5.41) is 12.3. The molecule has 1 aromatic rings. The molecule has 19 heavy (non-hydrogen) atoms. The number of aliphatic hydroxyl groups excluding tert-OH is 1. The largest absolute Gasteiger partial charge is 0.396 e. The van der Waals surface area contributed by atoms with Crippen molar-refractivity contribution < 1.29 is 9.50 Å². The molecule has 1 aliphatic rings. The van der Waals surface area contributed by atoms with Crippen molar-refractivity contribution in [2.24, 2.45) is 0 Å². The molecular weight excluding hydrogens is 243 g/mol. The van der Waals surface area contributed by atoms with Crippen molar-refractivity contribution in [2.45, 2.75) is 31.8 Å². The van der Waals surface area contributed by atoms with Gasteiger partial charge in [0.2, 0.25) is 0 Å². The fraction of sp³-hybridized carbons (Fsp3) is 0.600. The first-order valence-corrected chi connectivity index (χ1v) is 7.09. The summed E-state index contributed by atoms with van der Waals surface area (Å²) in [6.07, 6.45) is 3.16. The van der Waals surface area contributed by atoms with Gasteiger partial charge in [0.1, 0.15) is 5.82 Å². The first kappa shape index (κ1) is 14.4. The van der Waals surface area contributed by atoms with E-state index in [9.17, 15) is 4.39 Å². The molecular formula is C15H23FN2O. The van der Waals surface area contributed by atoms with Crippen molar-refractivity contribution in [3.63, 3.8) is 0 Å². The molecule has 3 nitrogen and oxygen atoms in total. The Hall–Kier alpha value is -0.970. The van der Waals surface area contributed by atoms with E-state index in [2.05, 4.69) is 10.2 Å². The second kappa shape index (κ2) is 7.58. The molecule has 0 radical (unpaired) electrons. The molecule has 1 heterocycles. The Morgan fingerprint density at radius 1 is 1.42 bits per heavy atom. The summed E-state index contributed by atoms with van der Waals surface area (Å²) < 4.78 is 13.1. The zero-order valence-corrected chi connectivity index (χ0v) is 11.3. The lowest BCUT2D eigenvalue weighted by Crippen LogP contribution is -2.45. The predicted molar refractivity (Wildman–Crippen MR) is 74.4 cm³/mol. The summed E-state index contributed by atoms with van der Waals surface area (Å²) in [6.45, 7) is 4.01. The van der Waals surface area contributed by atoms with Gasteiger partial charge >= 0.3 is 0 Å². The third kappa shape index (κ3) is 4.90. The third-order valence-corrected chi connectivity index (χ3v) is 3.57. The number of piperidine rings is 1. The minimum absolute atomic E-state index is 0.160. The summed E-state index contributed by atoms with van der Waals surface area (Å²) in [5.41, 5.74) is 1.04. The van der Waals surface area contributed by atoms with Gasteiger partial charge in [0.15, 0.2) is 0 Å². The van der Waals surface area contributed by atoms with Crippen LogP contribution in [0.1, 0.15) is 24.8 Å². The maximum absolute atomic E-state index is 13.1. The van der Waals surface area contributed by atoms with Crippen LogP contribution in [0.5, 0.6) is 0 Å². The molecule has 0 spiro atoms. The van der Waals surface area contributed by atoms with Crippen LogP contribution in [0.15, 0.2) is 24.3 Å². The Bertz CT molecular complexity index is 386. The lowest BCUT2D eigenvalue weighted by Gasteiger charge is -2.33. The van der Waals surface area contributed by atoms with Gasteiger partial charge in [-0.1, -0.05) is 12.1 Å². The highest BCUT2D eigenvalue weighted by Crippen LogP contribution is 2.14. The molecule has 2 rings (SSSR count). The van der Waals surface area contributed by atoms with Crippen molar-refractivity contribution in [1.82, 2.24) is 10.2 Å². The molecule has 1 fully saturated rings. The van der Waals surface area contributed by atoms with E-state index in [-0.39, 0.29) is 12.4 Å². The van der Waals surface area contributed by atoms with Gasteiger partial charge in [-0.05, 0) is 50.0 Å². The number of hydrogen-bond acceptors (Lipinski definition) is 3. The molecule has 1 saturated heterocycles. The van der Waals surface area contributed by atoms with Gasteiger partial charge in [-0.3, -0.25) is 4.90 Å². The zero-order valence-electron chi connectivity index (χ0n) is 11.3. The lowest BCUT2D eigenvalue weighted by molar-refractivity contribution is 0.181. The predicted octanol–water partition coefficient (Wildman–Crippen LogP) is 1.76. The summed E-state index contributed by atoms with van der Waals surface area (Å²) in [6, 6.07) is 7.34. The normalized spacial score (nSPS) is 20.6. The number of halogens is 1. The first-order valence-electron chi connectivity index (χ1n) is 7.09. The Kier molecular flexibility index (Phi) is 5.76. The van der Waals surface area contributed by atoms with E-state index >= 15 is 0 Å². The number of nitrogens with one attached hydrogen (secondary N) is 1. The number of benzene rings is 1. The van der Waals surface area contributed by atoms with Crippen LogP contribution >= 0.6 is 0 Å². The van der Waals surface area contributed by atoms with E-state index in [4.69, 9.17) is 5.11 Å². The molecule has 0 saturated carbocycles. The smallest absolute Gasteiger partial charge is 0.123 e. The lowest BCUT2D eigenvalue weighted by atomic mass is 10.0. The SMILES string of the molecule is OCCCNC1CCCN(Cc2cccc(F)c2)C1. The minimum atomic E-state index is -0.160. The number of aliphatic hydroxyl groups is 1. The maximum atomic E-state index is 13.1. The van der Waals surface area contributed by atoms with Crippen LogP contribution in [0.4, 0.5) is 4.39 Å². The van der Waals surface area contributed by atoms with Gasteiger partial charge in [0.05, 0.1) is 0 Å². The maximum Gasteiger partial charge on any atom is 0.123 e. The van der Waals surface area contributed by atoms with Crippen LogP contribution in [-0.2, 0) is 6.54 Å². The van der Waals surface area contributed by atoms with Crippen LogP contribution in [-0.4, -0.2) is 42.3 Å². The van der Waals surface area contributed by atoms with Gasteiger partial charge in [-0.2, -0.15) is 0 Å². The Labute approximate surface area is 114 Å². The zero-order chi connectivity index (χ0) is 13.5. The summed E-state index contributed by atoms with van der Waals surface area (Å²) >= 11 is 0. The fourth-order valence-electron chi connectivity index (χ4n) is 2.64. The molecule has 1 aromatic carbocycles. The topological polar surface area (TPSA) is 35.5 Å². The molecule has 0 aromatic heterocycles. The number of nitrogens with zero attached hydrogens (tertiary/aromatic N) is 1. The third-order valence-electron chi connectivity index (χ3n) is 3.57. The first-order chi connectivity index (χ1) is 9.28. The highest BCUT2D eigenvalue weighted by molar-refractivity contribution is 5.16. The Morgan fingerprint density at radius 2 is 2.32 bits per heavy atom. The van der Waals surface area contributed by atoms with Gasteiger partial charge in [-0.25, -0.2) is 4.39 Å². The molecule has 4 heteroatoms. The summed E-state index contributed by atoms with van der Waals surface area (Å²) in [7, 11) is 0. The number of rotatable bonds is 6.